The molecular formula is C17H16ClF3N2O3S. The molecule has 0 aliphatic rings. The van der Waals surface area contributed by atoms with Crippen LogP contribution in [0.2, 0.25) is 5.02 Å². The van der Waals surface area contributed by atoms with E-state index in [-0.39, 0.29) is 22.2 Å². The van der Waals surface area contributed by atoms with Crippen molar-refractivity contribution in [2.24, 2.45) is 0 Å². The van der Waals surface area contributed by atoms with Crippen molar-refractivity contribution in [3.05, 3.63) is 58.6 Å². The lowest BCUT2D eigenvalue weighted by Crippen LogP contribution is -2.30. The van der Waals surface area contributed by atoms with Crippen LogP contribution in [0.15, 0.2) is 47.4 Å². The molecule has 2 aromatic rings. The molecule has 0 heterocycles. The second-order valence-electron chi connectivity index (χ2n) is 5.95. The van der Waals surface area contributed by atoms with Crippen LogP contribution in [0.4, 0.5) is 18.9 Å². The highest BCUT2D eigenvalue weighted by atomic mass is 35.5. The molecule has 146 valence electrons. The minimum atomic E-state index is -4.67. The van der Waals surface area contributed by atoms with Gasteiger partial charge in [0.2, 0.25) is 10.0 Å². The number of carbonyl (C=O) groups is 1. The summed E-state index contributed by atoms with van der Waals surface area (Å²) >= 11 is 5.54. The van der Waals surface area contributed by atoms with Gasteiger partial charge >= 0.3 is 6.18 Å². The summed E-state index contributed by atoms with van der Waals surface area (Å²) in [6.45, 7) is 3.29. The van der Waals surface area contributed by atoms with Gasteiger partial charge in [0.15, 0.2) is 0 Å². The molecule has 0 radical (unpaired) electrons. The molecule has 0 saturated carbocycles. The lowest BCUT2D eigenvalue weighted by Gasteiger charge is -2.13. The molecule has 0 fully saturated rings. The van der Waals surface area contributed by atoms with Crippen molar-refractivity contribution in [3.8, 4) is 0 Å². The van der Waals surface area contributed by atoms with Gasteiger partial charge in [-0.05, 0) is 50.2 Å². The Kier molecular flexibility index (Phi) is 6.18. The van der Waals surface area contributed by atoms with Crippen LogP contribution in [0.25, 0.3) is 0 Å². The first-order valence-corrected chi connectivity index (χ1v) is 9.57. The summed E-state index contributed by atoms with van der Waals surface area (Å²) in [5.74, 6) is -0.757. The standard InChI is InChI=1S/C17H16ClF3N2O3S/c1-10(2)23-27(25,26)13-5-3-4-11(8-13)16(24)22-12-6-7-15(18)14(9-12)17(19,20)21/h3-10,23H,1-2H3,(H,22,24). The van der Waals surface area contributed by atoms with E-state index in [2.05, 4.69) is 10.0 Å². The molecule has 0 spiro atoms. The van der Waals surface area contributed by atoms with Crippen LogP contribution in [0, 0.1) is 0 Å². The number of hydrogen-bond acceptors (Lipinski definition) is 3. The third kappa shape index (κ3) is 5.44. The molecule has 0 bridgehead atoms. The molecule has 0 aliphatic carbocycles. The molecule has 0 atom stereocenters. The van der Waals surface area contributed by atoms with Crippen LogP contribution in [0.1, 0.15) is 29.8 Å². The minimum Gasteiger partial charge on any atom is -0.322 e. The maximum absolute atomic E-state index is 12.9. The number of anilines is 1. The quantitative estimate of drug-likeness (QED) is 0.757. The van der Waals surface area contributed by atoms with Crippen LogP contribution < -0.4 is 10.0 Å². The smallest absolute Gasteiger partial charge is 0.322 e. The molecule has 0 saturated heterocycles. The Morgan fingerprint density at radius 2 is 1.78 bits per heavy atom. The monoisotopic (exact) mass is 420 g/mol. The normalized spacial score (nSPS) is 12.3. The van der Waals surface area contributed by atoms with Crippen molar-refractivity contribution in [1.29, 1.82) is 0 Å². The average molecular weight is 421 g/mol. The minimum absolute atomic E-state index is 0.0230. The predicted molar refractivity (Wildman–Crippen MR) is 96.3 cm³/mol. The van der Waals surface area contributed by atoms with Gasteiger partial charge in [0.1, 0.15) is 0 Å². The van der Waals surface area contributed by atoms with E-state index in [1.165, 1.54) is 24.3 Å². The lowest BCUT2D eigenvalue weighted by atomic mass is 10.1. The first-order chi connectivity index (χ1) is 12.4. The van der Waals surface area contributed by atoms with E-state index in [9.17, 15) is 26.4 Å². The summed E-state index contributed by atoms with van der Waals surface area (Å²) < 4.78 is 65.5. The van der Waals surface area contributed by atoms with E-state index in [1.807, 2.05) is 0 Å². The van der Waals surface area contributed by atoms with Crippen molar-refractivity contribution in [2.75, 3.05) is 5.32 Å². The topological polar surface area (TPSA) is 75.3 Å². The molecular weight excluding hydrogens is 405 g/mol. The Labute approximate surface area is 159 Å². The van der Waals surface area contributed by atoms with E-state index in [0.717, 1.165) is 12.1 Å². The van der Waals surface area contributed by atoms with E-state index < -0.39 is 32.7 Å². The fraction of sp³-hybridized carbons (Fsp3) is 0.235. The van der Waals surface area contributed by atoms with Crippen molar-refractivity contribution < 1.29 is 26.4 Å². The molecule has 27 heavy (non-hydrogen) atoms. The van der Waals surface area contributed by atoms with Gasteiger partial charge in [-0.3, -0.25) is 4.79 Å². The number of carbonyl (C=O) groups excluding carboxylic acids is 1. The molecule has 0 aromatic heterocycles. The highest BCUT2D eigenvalue weighted by Crippen LogP contribution is 2.36. The van der Waals surface area contributed by atoms with Crippen LogP contribution in [-0.4, -0.2) is 20.4 Å². The van der Waals surface area contributed by atoms with Gasteiger partial charge < -0.3 is 5.32 Å². The van der Waals surface area contributed by atoms with E-state index in [1.54, 1.807) is 13.8 Å². The molecule has 10 heteroatoms. The van der Waals surface area contributed by atoms with Crippen LogP contribution in [0.5, 0.6) is 0 Å². The Bertz CT molecular complexity index is 960. The predicted octanol–water partition coefficient (Wildman–Crippen LogP) is 4.30. The Balaban J connectivity index is 2.29. The molecule has 2 N–H and O–H groups in total. The van der Waals surface area contributed by atoms with Crippen LogP contribution in [0.3, 0.4) is 0 Å². The molecule has 2 aromatic carbocycles. The maximum Gasteiger partial charge on any atom is 0.417 e. The molecule has 5 nitrogen and oxygen atoms in total. The zero-order chi connectivity index (χ0) is 20.4. The summed E-state index contributed by atoms with van der Waals surface area (Å²) in [6.07, 6.45) is -4.67. The number of hydrogen-bond donors (Lipinski definition) is 2. The van der Waals surface area contributed by atoms with Crippen LogP contribution >= 0.6 is 11.6 Å². The zero-order valence-corrected chi connectivity index (χ0v) is 15.8. The number of alkyl halides is 3. The second kappa shape index (κ2) is 7.87. The lowest BCUT2D eigenvalue weighted by molar-refractivity contribution is -0.137. The highest BCUT2D eigenvalue weighted by Gasteiger charge is 2.33. The molecule has 1 amide bonds. The van der Waals surface area contributed by atoms with Gasteiger partial charge in [0.25, 0.3) is 5.91 Å². The number of sulfonamides is 1. The van der Waals surface area contributed by atoms with Crippen molar-refractivity contribution >= 4 is 33.2 Å². The summed E-state index contributed by atoms with van der Waals surface area (Å²) in [6, 6.07) is 7.77. The number of benzene rings is 2. The Morgan fingerprint density at radius 3 is 2.37 bits per heavy atom. The SMILES string of the molecule is CC(C)NS(=O)(=O)c1cccc(C(=O)Nc2ccc(Cl)c(C(F)(F)F)c2)c1. The first-order valence-electron chi connectivity index (χ1n) is 7.70. The number of halogens is 4. The van der Waals surface area contributed by atoms with Crippen molar-refractivity contribution in [1.82, 2.24) is 4.72 Å². The van der Waals surface area contributed by atoms with Gasteiger partial charge in [-0.2, -0.15) is 13.2 Å². The fourth-order valence-corrected chi connectivity index (χ4v) is 3.73. The van der Waals surface area contributed by atoms with Gasteiger partial charge in [-0.25, -0.2) is 13.1 Å². The van der Waals surface area contributed by atoms with Crippen molar-refractivity contribution in [3.63, 3.8) is 0 Å². The van der Waals surface area contributed by atoms with Gasteiger partial charge in [-0.1, -0.05) is 17.7 Å². The second-order valence-corrected chi connectivity index (χ2v) is 8.07. The zero-order valence-electron chi connectivity index (χ0n) is 14.3. The number of nitrogens with one attached hydrogen (secondary N) is 2. The van der Waals surface area contributed by atoms with E-state index >= 15 is 0 Å². The average Bonchev–Trinajstić information content (AvgIpc) is 2.54. The molecule has 0 aliphatic heterocycles. The van der Waals surface area contributed by atoms with E-state index in [0.29, 0.717) is 6.07 Å². The number of amides is 1. The third-order valence-electron chi connectivity index (χ3n) is 3.33. The molecule has 2 rings (SSSR count). The summed E-state index contributed by atoms with van der Waals surface area (Å²) in [7, 11) is -3.82. The highest BCUT2D eigenvalue weighted by molar-refractivity contribution is 7.89. The van der Waals surface area contributed by atoms with Crippen molar-refractivity contribution in [2.45, 2.75) is 31.0 Å². The largest absolute Gasteiger partial charge is 0.417 e. The van der Waals surface area contributed by atoms with E-state index in [4.69, 9.17) is 11.6 Å². The molecule has 0 unspecified atom stereocenters. The first kappa shape index (κ1) is 21.2. The maximum atomic E-state index is 12.9. The van der Waals surface area contributed by atoms with Gasteiger partial charge in [-0.15, -0.1) is 0 Å². The Morgan fingerprint density at radius 1 is 1.11 bits per heavy atom. The third-order valence-corrected chi connectivity index (χ3v) is 5.31. The summed E-state index contributed by atoms with van der Waals surface area (Å²) in [4.78, 5) is 12.2. The Hall–Kier alpha value is -2.10. The summed E-state index contributed by atoms with van der Waals surface area (Å²) in [5, 5.41) is 1.81. The summed E-state index contributed by atoms with van der Waals surface area (Å²) in [5.41, 5.74) is -1.23. The van der Waals surface area contributed by atoms with Gasteiger partial charge in [0.05, 0.1) is 15.5 Å². The number of rotatable bonds is 5. The van der Waals surface area contributed by atoms with Crippen LogP contribution in [-0.2, 0) is 16.2 Å². The fourth-order valence-electron chi connectivity index (χ4n) is 2.21. The van der Waals surface area contributed by atoms with Gasteiger partial charge in [0, 0.05) is 17.3 Å².